The standard InChI is InChI=1S/C15H17N5O2S/c1-15(2,21)12-7-17-20-14(19-12)16-8-13-18-10-6-9(22-3)4-5-11(10)23-13/h4-7,21H,8H2,1-3H3,(H,16,19,20). The lowest BCUT2D eigenvalue weighted by atomic mass is 10.1. The van der Waals surface area contributed by atoms with Gasteiger partial charge in [0, 0.05) is 6.07 Å². The molecule has 23 heavy (non-hydrogen) atoms. The first-order valence-corrected chi connectivity index (χ1v) is 7.87. The lowest BCUT2D eigenvalue weighted by molar-refractivity contribution is 0.0733. The Morgan fingerprint density at radius 3 is 2.87 bits per heavy atom. The smallest absolute Gasteiger partial charge is 0.243 e. The van der Waals surface area contributed by atoms with Crippen molar-refractivity contribution in [2.24, 2.45) is 0 Å². The molecule has 0 amide bonds. The summed E-state index contributed by atoms with van der Waals surface area (Å²) >= 11 is 1.59. The van der Waals surface area contributed by atoms with Gasteiger partial charge in [-0.3, -0.25) is 0 Å². The highest BCUT2D eigenvalue weighted by Gasteiger charge is 2.19. The molecule has 1 aromatic carbocycles. The Labute approximate surface area is 137 Å². The Kier molecular flexibility index (Phi) is 4.10. The number of aliphatic hydroxyl groups is 1. The highest BCUT2D eigenvalue weighted by molar-refractivity contribution is 7.18. The topological polar surface area (TPSA) is 93.0 Å². The first-order valence-electron chi connectivity index (χ1n) is 7.05. The SMILES string of the molecule is COc1ccc2sc(CNc3nncc(C(C)(C)O)n3)nc2c1. The van der Waals surface area contributed by atoms with Gasteiger partial charge in [0.05, 0.1) is 35.8 Å². The van der Waals surface area contributed by atoms with E-state index in [0.29, 0.717) is 18.2 Å². The molecule has 120 valence electrons. The van der Waals surface area contributed by atoms with E-state index in [1.54, 1.807) is 32.3 Å². The van der Waals surface area contributed by atoms with Crippen LogP contribution in [0.15, 0.2) is 24.4 Å². The van der Waals surface area contributed by atoms with Gasteiger partial charge in [0.1, 0.15) is 16.4 Å². The number of nitrogens with one attached hydrogen (secondary N) is 1. The van der Waals surface area contributed by atoms with Gasteiger partial charge in [0.25, 0.3) is 0 Å². The number of ether oxygens (including phenoxy) is 1. The molecule has 0 aliphatic carbocycles. The van der Waals surface area contributed by atoms with Gasteiger partial charge in [-0.2, -0.15) is 5.10 Å². The molecule has 2 N–H and O–H groups in total. The zero-order valence-electron chi connectivity index (χ0n) is 13.1. The molecule has 2 heterocycles. The first-order chi connectivity index (χ1) is 11.0. The summed E-state index contributed by atoms with van der Waals surface area (Å²) in [4.78, 5) is 8.82. The van der Waals surface area contributed by atoms with Crippen LogP contribution in [0.4, 0.5) is 5.95 Å². The number of methoxy groups -OCH3 is 1. The Morgan fingerprint density at radius 1 is 1.30 bits per heavy atom. The van der Waals surface area contributed by atoms with E-state index in [1.807, 2.05) is 18.2 Å². The van der Waals surface area contributed by atoms with E-state index < -0.39 is 5.60 Å². The van der Waals surface area contributed by atoms with Crippen LogP contribution in [0.2, 0.25) is 0 Å². The summed E-state index contributed by atoms with van der Waals surface area (Å²) in [5, 5.41) is 21.7. The minimum atomic E-state index is -1.06. The molecule has 2 aromatic heterocycles. The van der Waals surface area contributed by atoms with Crippen LogP contribution >= 0.6 is 11.3 Å². The average Bonchev–Trinajstić information content (AvgIpc) is 2.94. The number of hydrogen-bond donors (Lipinski definition) is 2. The minimum Gasteiger partial charge on any atom is -0.497 e. The highest BCUT2D eigenvalue weighted by Crippen LogP contribution is 2.26. The van der Waals surface area contributed by atoms with Crippen molar-refractivity contribution in [2.75, 3.05) is 12.4 Å². The summed E-state index contributed by atoms with van der Waals surface area (Å²) in [5.74, 6) is 1.15. The van der Waals surface area contributed by atoms with Crippen LogP contribution in [0.5, 0.6) is 5.75 Å². The predicted octanol–water partition coefficient (Wildman–Crippen LogP) is 2.33. The van der Waals surface area contributed by atoms with E-state index in [-0.39, 0.29) is 0 Å². The van der Waals surface area contributed by atoms with Crippen molar-refractivity contribution in [2.45, 2.75) is 26.0 Å². The van der Waals surface area contributed by atoms with Crippen molar-refractivity contribution in [3.05, 3.63) is 35.1 Å². The van der Waals surface area contributed by atoms with Gasteiger partial charge in [-0.25, -0.2) is 9.97 Å². The molecular formula is C15H17N5O2S. The normalized spacial score (nSPS) is 11.7. The molecule has 0 aliphatic heterocycles. The van der Waals surface area contributed by atoms with Gasteiger partial charge in [-0.1, -0.05) is 0 Å². The molecule has 0 radical (unpaired) electrons. The lowest BCUT2D eigenvalue weighted by Gasteiger charge is -2.15. The van der Waals surface area contributed by atoms with Crippen LogP contribution in [-0.2, 0) is 12.1 Å². The van der Waals surface area contributed by atoms with Crippen LogP contribution in [0, 0.1) is 0 Å². The molecule has 0 spiro atoms. The van der Waals surface area contributed by atoms with E-state index >= 15 is 0 Å². The van der Waals surface area contributed by atoms with Crippen LogP contribution in [0.25, 0.3) is 10.2 Å². The van der Waals surface area contributed by atoms with Crippen molar-refractivity contribution in [1.82, 2.24) is 20.2 Å². The maximum Gasteiger partial charge on any atom is 0.243 e. The van der Waals surface area contributed by atoms with Gasteiger partial charge in [-0.05, 0) is 26.0 Å². The van der Waals surface area contributed by atoms with Crippen LogP contribution in [0.1, 0.15) is 24.5 Å². The second kappa shape index (κ2) is 6.05. The third kappa shape index (κ3) is 3.54. The maximum atomic E-state index is 9.96. The Bertz CT molecular complexity index is 828. The number of anilines is 1. The van der Waals surface area contributed by atoms with Crippen molar-refractivity contribution in [1.29, 1.82) is 0 Å². The zero-order valence-corrected chi connectivity index (χ0v) is 13.9. The van der Waals surface area contributed by atoms with E-state index in [2.05, 4.69) is 25.5 Å². The molecule has 0 aliphatic rings. The van der Waals surface area contributed by atoms with E-state index in [4.69, 9.17) is 4.74 Å². The fraction of sp³-hybridized carbons (Fsp3) is 0.333. The molecule has 0 unspecified atom stereocenters. The second-order valence-electron chi connectivity index (χ2n) is 5.52. The Morgan fingerprint density at radius 2 is 2.13 bits per heavy atom. The number of hydrogen-bond acceptors (Lipinski definition) is 8. The monoisotopic (exact) mass is 331 g/mol. The van der Waals surface area contributed by atoms with Crippen molar-refractivity contribution >= 4 is 27.5 Å². The van der Waals surface area contributed by atoms with Crippen LogP contribution < -0.4 is 10.1 Å². The molecule has 3 rings (SSSR count). The van der Waals surface area contributed by atoms with Gasteiger partial charge in [0.2, 0.25) is 5.95 Å². The number of nitrogens with zero attached hydrogens (tertiary/aromatic N) is 4. The molecule has 0 saturated carbocycles. The van der Waals surface area contributed by atoms with Crippen molar-refractivity contribution < 1.29 is 9.84 Å². The molecule has 0 atom stereocenters. The Hall–Kier alpha value is -2.32. The highest BCUT2D eigenvalue weighted by atomic mass is 32.1. The maximum absolute atomic E-state index is 9.96. The fourth-order valence-electron chi connectivity index (χ4n) is 1.99. The fourth-order valence-corrected chi connectivity index (χ4v) is 2.87. The minimum absolute atomic E-state index is 0.362. The summed E-state index contributed by atoms with van der Waals surface area (Å²) < 4.78 is 6.29. The summed E-state index contributed by atoms with van der Waals surface area (Å²) in [6, 6.07) is 5.81. The number of benzene rings is 1. The molecule has 0 bridgehead atoms. The summed E-state index contributed by atoms with van der Waals surface area (Å²) in [6.45, 7) is 3.79. The number of aromatic nitrogens is 4. The number of rotatable bonds is 5. The van der Waals surface area contributed by atoms with Crippen LogP contribution in [0.3, 0.4) is 0 Å². The van der Waals surface area contributed by atoms with Crippen molar-refractivity contribution in [3.8, 4) is 5.75 Å². The summed E-state index contributed by atoms with van der Waals surface area (Å²) in [5.41, 5.74) is 0.304. The van der Waals surface area contributed by atoms with Gasteiger partial charge in [-0.15, -0.1) is 16.4 Å². The molecule has 7 nitrogen and oxygen atoms in total. The zero-order chi connectivity index (χ0) is 16.4. The molecular weight excluding hydrogens is 314 g/mol. The summed E-state index contributed by atoms with van der Waals surface area (Å²) in [7, 11) is 1.63. The van der Waals surface area contributed by atoms with E-state index in [9.17, 15) is 5.11 Å². The van der Waals surface area contributed by atoms with E-state index in [1.165, 1.54) is 6.20 Å². The molecule has 8 heteroatoms. The molecule has 0 saturated heterocycles. The van der Waals surface area contributed by atoms with E-state index in [0.717, 1.165) is 21.0 Å². The molecule has 0 fully saturated rings. The summed E-state index contributed by atoms with van der Waals surface area (Å²) in [6.07, 6.45) is 1.45. The number of thiazole rings is 1. The lowest BCUT2D eigenvalue weighted by Crippen LogP contribution is -2.19. The van der Waals surface area contributed by atoms with Crippen LogP contribution in [-0.4, -0.2) is 32.4 Å². The van der Waals surface area contributed by atoms with Crippen molar-refractivity contribution in [3.63, 3.8) is 0 Å². The first kappa shape index (κ1) is 15.6. The third-order valence-corrected chi connectivity index (χ3v) is 4.26. The van der Waals surface area contributed by atoms with Gasteiger partial charge >= 0.3 is 0 Å². The third-order valence-electron chi connectivity index (χ3n) is 3.22. The predicted molar refractivity (Wildman–Crippen MR) is 88.6 cm³/mol. The van der Waals surface area contributed by atoms with Gasteiger partial charge < -0.3 is 15.2 Å². The second-order valence-corrected chi connectivity index (χ2v) is 6.63. The average molecular weight is 331 g/mol. The Balaban J connectivity index is 1.75. The van der Waals surface area contributed by atoms with Gasteiger partial charge in [0.15, 0.2) is 0 Å². The molecule has 3 aromatic rings. The quantitative estimate of drug-likeness (QED) is 0.741. The number of fused-ring (bicyclic) bond motifs is 1. The largest absolute Gasteiger partial charge is 0.497 e.